The number of hydrogen-bond donors (Lipinski definition) is 1. The normalized spacial score (nSPS) is 31.3. The molecule has 0 bridgehead atoms. The zero-order chi connectivity index (χ0) is 14.9. The van der Waals surface area contributed by atoms with Gasteiger partial charge in [-0.3, -0.25) is 0 Å². The van der Waals surface area contributed by atoms with E-state index in [0.717, 1.165) is 24.8 Å². The second-order valence-corrected chi connectivity index (χ2v) is 7.47. The molecule has 2 aliphatic rings. The molecule has 5 heteroatoms. The molecule has 2 fully saturated rings. The maximum absolute atomic E-state index is 5.67. The van der Waals surface area contributed by atoms with Crippen LogP contribution in [-0.2, 0) is 4.74 Å². The van der Waals surface area contributed by atoms with Gasteiger partial charge in [0.05, 0.1) is 6.61 Å². The van der Waals surface area contributed by atoms with E-state index in [9.17, 15) is 0 Å². The molecule has 1 aliphatic heterocycles. The van der Waals surface area contributed by atoms with E-state index >= 15 is 0 Å². The topological polar surface area (TPSA) is 60.2 Å². The predicted molar refractivity (Wildman–Crippen MR) is 80.0 cm³/mol. The summed E-state index contributed by atoms with van der Waals surface area (Å²) < 4.78 is 11.1. The maximum atomic E-state index is 5.67. The summed E-state index contributed by atoms with van der Waals surface area (Å²) in [5, 5.41) is 7.50. The van der Waals surface area contributed by atoms with Gasteiger partial charge in [-0.1, -0.05) is 25.9 Å². The quantitative estimate of drug-likeness (QED) is 0.908. The van der Waals surface area contributed by atoms with Crippen molar-refractivity contribution in [3.63, 3.8) is 0 Å². The lowest BCUT2D eigenvalue weighted by Gasteiger charge is -2.36. The molecule has 1 saturated heterocycles. The Balaban J connectivity index is 1.60. The zero-order valence-electron chi connectivity index (χ0n) is 13.4. The van der Waals surface area contributed by atoms with Gasteiger partial charge >= 0.3 is 0 Å². The van der Waals surface area contributed by atoms with Gasteiger partial charge in [0.15, 0.2) is 5.82 Å². The molecule has 0 aromatic carbocycles. The highest BCUT2D eigenvalue weighted by molar-refractivity contribution is 5.00. The van der Waals surface area contributed by atoms with Crippen molar-refractivity contribution in [1.82, 2.24) is 15.5 Å². The molecule has 5 nitrogen and oxygen atoms in total. The Morgan fingerprint density at radius 2 is 1.90 bits per heavy atom. The van der Waals surface area contributed by atoms with Crippen LogP contribution >= 0.6 is 0 Å². The third-order valence-electron chi connectivity index (χ3n) is 4.98. The molecular weight excluding hydrogens is 266 g/mol. The predicted octanol–water partition coefficient (Wildman–Crippen LogP) is 3.05. The van der Waals surface area contributed by atoms with Crippen LogP contribution in [-0.4, -0.2) is 29.8 Å². The third kappa shape index (κ3) is 3.46. The largest absolute Gasteiger partial charge is 0.366 e. The first-order chi connectivity index (χ1) is 10.0. The average molecular weight is 293 g/mol. The highest BCUT2D eigenvalue weighted by Gasteiger charge is 2.32. The summed E-state index contributed by atoms with van der Waals surface area (Å²) in [6.07, 6.45) is 4.79. The number of aromatic nitrogens is 2. The highest BCUT2D eigenvalue weighted by atomic mass is 16.5. The molecule has 1 atom stereocenters. The standard InChI is InChI=1S/C16H27N3O2/c1-16(2,3)12-6-4-11(5-7-12)14-18-15(21-19-14)13-10-17-8-9-20-13/h11-13,17H,4-10H2,1-3H3. The number of nitrogens with one attached hydrogen (secondary N) is 1. The van der Waals surface area contributed by atoms with E-state index in [1.54, 1.807) is 0 Å². The van der Waals surface area contributed by atoms with Gasteiger partial charge in [-0.25, -0.2) is 0 Å². The molecular formula is C16H27N3O2. The van der Waals surface area contributed by atoms with Crippen LogP contribution < -0.4 is 5.32 Å². The van der Waals surface area contributed by atoms with Crippen LogP contribution in [0.15, 0.2) is 4.52 Å². The number of rotatable bonds is 2. The summed E-state index contributed by atoms with van der Waals surface area (Å²) in [5.74, 6) is 2.78. The van der Waals surface area contributed by atoms with E-state index in [1.165, 1.54) is 25.7 Å². The fraction of sp³-hybridized carbons (Fsp3) is 0.875. The lowest BCUT2D eigenvalue weighted by Crippen LogP contribution is -2.33. The Labute approximate surface area is 126 Å². The van der Waals surface area contributed by atoms with Crippen LogP contribution in [0, 0.1) is 11.3 Å². The molecule has 118 valence electrons. The Bertz CT molecular complexity index is 452. The Hall–Kier alpha value is -0.940. The van der Waals surface area contributed by atoms with E-state index in [1.807, 2.05) is 0 Å². The summed E-state index contributed by atoms with van der Waals surface area (Å²) in [4.78, 5) is 4.60. The Kier molecular flexibility index (Phi) is 4.31. The van der Waals surface area contributed by atoms with Gasteiger partial charge in [0.25, 0.3) is 5.89 Å². The highest BCUT2D eigenvalue weighted by Crippen LogP contribution is 2.42. The molecule has 2 heterocycles. The van der Waals surface area contributed by atoms with Crippen LogP contribution in [0.3, 0.4) is 0 Å². The molecule has 0 amide bonds. The van der Waals surface area contributed by atoms with Gasteiger partial charge in [0.2, 0.25) is 0 Å². The van der Waals surface area contributed by atoms with Crippen molar-refractivity contribution in [3.05, 3.63) is 11.7 Å². The number of hydrogen-bond acceptors (Lipinski definition) is 5. The lowest BCUT2D eigenvalue weighted by atomic mass is 9.70. The molecule has 0 radical (unpaired) electrons. The van der Waals surface area contributed by atoms with Crippen molar-refractivity contribution in [3.8, 4) is 0 Å². The van der Waals surface area contributed by atoms with E-state index in [-0.39, 0.29) is 6.10 Å². The fourth-order valence-corrected chi connectivity index (χ4v) is 3.49. The lowest BCUT2D eigenvalue weighted by molar-refractivity contribution is 0.00755. The third-order valence-corrected chi connectivity index (χ3v) is 4.98. The monoisotopic (exact) mass is 293 g/mol. The number of nitrogens with zero attached hydrogens (tertiary/aromatic N) is 2. The van der Waals surface area contributed by atoms with Gasteiger partial charge in [0.1, 0.15) is 6.10 Å². The van der Waals surface area contributed by atoms with Crippen molar-refractivity contribution in [1.29, 1.82) is 0 Å². The molecule has 1 N–H and O–H groups in total. The number of ether oxygens (including phenoxy) is 1. The van der Waals surface area contributed by atoms with Crippen molar-refractivity contribution >= 4 is 0 Å². The first-order valence-electron chi connectivity index (χ1n) is 8.20. The van der Waals surface area contributed by atoms with Gasteiger partial charge in [-0.2, -0.15) is 4.98 Å². The van der Waals surface area contributed by atoms with E-state index in [4.69, 9.17) is 9.26 Å². The molecule has 1 aromatic heterocycles. The van der Waals surface area contributed by atoms with Crippen molar-refractivity contribution in [2.45, 2.75) is 58.5 Å². The molecule has 1 unspecified atom stereocenters. The second-order valence-electron chi connectivity index (χ2n) is 7.47. The first-order valence-corrected chi connectivity index (χ1v) is 8.20. The maximum Gasteiger partial charge on any atom is 0.257 e. The second kappa shape index (κ2) is 6.05. The van der Waals surface area contributed by atoms with Gasteiger partial charge in [-0.15, -0.1) is 0 Å². The van der Waals surface area contributed by atoms with Crippen molar-refractivity contribution in [2.24, 2.45) is 11.3 Å². The smallest absolute Gasteiger partial charge is 0.257 e. The Morgan fingerprint density at radius 3 is 2.52 bits per heavy atom. The summed E-state index contributed by atoms with van der Waals surface area (Å²) >= 11 is 0. The SMILES string of the molecule is CC(C)(C)C1CCC(c2noc(C3CNCCO3)n2)CC1. The van der Waals surface area contributed by atoms with Crippen molar-refractivity contribution < 1.29 is 9.26 Å². The molecule has 3 rings (SSSR count). The van der Waals surface area contributed by atoms with Crippen LogP contribution in [0.1, 0.15) is 70.2 Å². The molecule has 1 aromatic rings. The summed E-state index contributed by atoms with van der Waals surface area (Å²) in [7, 11) is 0. The molecule has 21 heavy (non-hydrogen) atoms. The summed E-state index contributed by atoms with van der Waals surface area (Å²) in [6.45, 7) is 9.40. The van der Waals surface area contributed by atoms with Crippen LogP contribution in [0.2, 0.25) is 0 Å². The average Bonchev–Trinajstić information content (AvgIpc) is 2.97. The van der Waals surface area contributed by atoms with Crippen LogP contribution in [0.25, 0.3) is 0 Å². The van der Waals surface area contributed by atoms with E-state index in [0.29, 0.717) is 23.8 Å². The summed E-state index contributed by atoms with van der Waals surface area (Å²) in [5.41, 5.74) is 0.412. The van der Waals surface area contributed by atoms with Crippen LogP contribution in [0.4, 0.5) is 0 Å². The summed E-state index contributed by atoms with van der Waals surface area (Å²) in [6, 6.07) is 0. The minimum atomic E-state index is -0.0779. The van der Waals surface area contributed by atoms with Crippen molar-refractivity contribution in [2.75, 3.05) is 19.7 Å². The van der Waals surface area contributed by atoms with Crippen LogP contribution in [0.5, 0.6) is 0 Å². The molecule has 1 aliphatic carbocycles. The van der Waals surface area contributed by atoms with E-state index in [2.05, 4.69) is 36.2 Å². The fourth-order valence-electron chi connectivity index (χ4n) is 3.49. The van der Waals surface area contributed by atoms with Gasteiger partial charge < -0.3 is 14.6 Å². The number of morpholine rings is 1. The minimum Gasteiger partial charge on any atom is -0.366 e. The van der Waals surface area contributed by atoms with Gasteiger partial charge in [-0.05, 0) is 37.0 Å². The molecule has 0 spiro atoms. The minimum absolute atomic E-state index is 0.0779. The van der Waals surface area contributed by atoms with Gasteiger partial charge in [0, 0.05) is 19.0 Å². The zero-order valence-corrected chi connectivity index (χ0v) is 13.4. The molecule has 1 saturated carbocycles. The van der Waals surface area contributed by atoms with E-state index < -0.39 is 0 Å². The first kappa shape index (κ1) is 15.0. The Morgan fingerprint density at radius 1 is 1.14 bits per heavy atom.